The lowest BCUT2D eigenvalue weighted by Crippen LogP contribution is -2.29. The molecule has 1 aliphatic carbocycles. The lowest BCUT2D eigenvalue weighted by atomic mass is 9.89. The Kier molecular flexibility index (Phi) is 3.18. The molecule has 0 aromatic rings. The molecule has 1 unspecified atom stereocenters. The minimum Gasteiger partial charge on any atom is -0.322 e. The van der Waals surface area contributed by atoms with Crippen LogP contribution in [0.25, 0.3) is 0 Å². The number of rotatable bonds is 4. The summed E-state index contributed by atoms with van der Waals surface area (Å²) in [5.74, 6) is 2.45. The summed E-state index contributed by atoms with van der Waals surface area (Å²) in [5, 5.41) is 0. The first-order valence-corrected chi connectivity index (χ1v) is 5.38. The molecule has 0 heterocycles. The van der Waals surface area contributed by atoms with E-state index in [0.717, 1.165) is 17.8 Å². The van der Waals surface area contributed by atoms with E-state index in [2.05, 4.69) is 26.0 Å². The van der Waals surface area contributed by atoms with Gasteiger partial charge in [-0.05, 0) is 44.4 Å². The lowest BCUT2D eigenvalue weighted by Gasteiger charge is -2.19. The van der Waals surface area contributed by atoms with Crippen molar-refractivity contribution in [1.82, 2.24) is 0 Å². The van der Waals surface area contributed by atoms with Crippen molar-refractivity contribution in [3.8, 4) is 0 Å². The molecule has 2 N–H and O–H groups in total. The van der Waals surface area contributed by atoms with Crippen LogP contribution in [0.15, 0.2) is 12.2 Å². The second kappa shape index (κ2) is 3.83. The highest BCUT2D eigenvalue weighted by Crippen LogP contribution is 2.41. The fourth-order valence-corrected chi connectivity index (χ4v) is 1.76. The van der Waals surface area contributed by atoms with Crippen molar-refractivity contribution < 1.29 is 0 Å². The fourth-order valence-electron chi connectivity index (χ4n) is 1.76. The van der Waals surface area contributed by atoms with Crippen LogP contribution in [0.3, 0.4) is 0 Å². The maximum absolute atomic E-state index is 5.92. The molecule has 1 heteroatoms. The molecule has 1 fully saturated rings. The summed E-state index contributed by atoms with van der Waals surface area (Å²) < 4.78 is 0. The van der Waals surface area contributed by atoms with Gasteiger partial charge in [0.15, 0.2) is 0 Å². The Bertz CT molecular complexity index is 180. The van der Waals surface area contributed by atoms with Crippen LogP contribution >= 0.6 is 0 Å². The van der Waals surface area contributed by atoms with Crippen LogP contribution in [0.5, 0.6) is 0 Å². The molecule has 1 aliphatic rings. The van der Waals surface area contributed by atoms with E-state index in [-0.39, 0.29) is 5.54 Å². The van der Waals surface area contributed by atoms with Gasteiger partial charge >= 0.3 is 0 Å². The van der Waals surface area contributed by atoms with Crippen molar-refractivity contribution in [2.75, 3.05) is 0 Å². The summed E-state index contributed by atoms with van der Waals surface area (Å²) in [6.07, 6.45) is 7.33. The lowest BCUT2D eigenvalue weighted by molar-refractivity contribution is 0.414. The predicted molar refractivity (Wildman–Crippen MR) is 58.5 cm³/mol. The quantitative estimate of drug-likeness (QED) is 0.663. The molecule has 1 atom stereocenters. The maximum Gasteiger partial charge on any atom is 0.0281 e. The van der Waals surface area contributed by atoms with E-state index in [4.69, 9.17) is 5.73 Å². The Labute approximate surface area is 82.4 Å². The van der Waals surface area contributed by atoms with Crippen LogP contribution in [0.2, 0.25) is 0 Å². The third kappa shape index (κ3) is 3.95. The maximum atomic E-state index is 5.92. The van der Waals surface area contributed by atoms with Crippen LogP contribution < -0.4 is 5.73 Å². The van der Waals surface area contributed by atoms with Crippen molar-refractivity contribution in [2.24, 2.45) is 23.5 Å². The Balaban J connectivity index is 2.51. The molecule has 0 aliphatic heterocycles. The number of allylic oxidation sites excluding steroid dienone is 1. The van der Waals surface area contributed by atoms with Crippen molar-refractivity contribution >= 4 is 0 Å². The number of hydrogen-bond donors (Lipinski definition) is 1. The summed E-state index contributed by atoms with van der Waals surface area (Å²) in [7, 11) is 0. The first kappa shape index (κ1) is 10.8. The predicted octanol–water partition coefficient (Wildman–Crippen LogP) is 2.96. The summed E-state index contributed by atoms with van der Waals surface area (Å²) in [6, 6.07) is 0. The summed E-state index contributed by atoms with van der Waals surface area (Å²) >= 11 is 0. The molecular formula is C12H23N. The van der Waals surface area contributed by atoms with Gasteiger partial charge in [0.05, 0.1) is 0 Å². The highest BCUT2D eigenvalue weighted by atomic mass is 14.7. The van der Waals surface area contributed by atoms with Gasteiger partial charge in [0, 0.05) is 5.54 Å². The van der Waals surface area contributed by atoms with E-state index in [9.17, 15) is 0 Å². The van der Waals surface area contributed by atoms with Crippen molar-refractivity contribution in [1.29, 1.82) is 0 Å². The smallest absolute Gasteiger partial charge is 0.0281 e. The molecule has 0 spiro atoms. The Morgan fingerprint density at radius 3 is 2.15 bits per heavy atom. The Morgan fingerprint density at radius 2 is 1.85 bits per heavy atom. The molecule has 1 rings (SSSR count). The highest BCUT2D eigenvalue weighted by Gasteiger charge is 2.31. The van der Waals surface area contributed by atoms with Crippen LogP contribution in [0, 0.1) is 17.8 Å². The molecule has 0 amide bonds. The molecule has 0 radical (unpaired) electrons. The van der Waals surface area contributed by atoms with Gasteiger partial charge < -0.3 is 5.73 Å². The van der Waals surface area contributed by atoms with Crippen molar-refractivity contribution in [2.45, 2.75) is 46.1 Å². The van der Waals surface area contributed by atoms with Crippen LogP contribution in [0.1, 0.15) is 40.5 Å². The highest BCUT2D eigenvalue weighted by molar-refractivity contribution is 5.05. The average molecular weight is 181 g/mol. The normalized spacial score (nSPS) is 21.4. The zero-order valence-electron chi connectivity index (χ0n) is 9.38. The second-order valence-electron chi connectivity index (χ2n) is 5.34. The summed E-state index contributed by atoms with van der Waals surface area (Å²) in [5.41, 5.74) is 5.77. The van der Waals surface area contributed by atoms with Gasteiger partial charge in [0.25, 0.3) is 0 Å². The third-order valence-electron chi connectivity index (χ3n) is 2.68. The third-order valence-corrected chi connectivity index (χ3v) is 2.68. The molecule has 0 bridgehead atoms. The molecule has 0 saturated heterocycles. The molecule has 1 saturated carbocycles. The van der Waals surface area contributed by atoms with Crippen molar-refractivity contribution in [3.63, 3.8) is 0 Å². The second-order valence-corrected chi connectivity index (χ2v) is 5.34. The molecule has 0 aromatic carbocycles. The standard InChI is InChI=1S/C12H23N/c1-9(2)11(10-5-6-10)7-8-12(3,4)13/h7-11H,5-6,13H2,1-4H3/b8-7+. The van der Waals surface area contributed by atoms with Crippen molar-refractivity contribution in [3.05, 3.63) is 12.2 Å². The van der Waals surface area contributed by atoms with Gasteiger partial charge in [-0.2, -0.15) is 0 Å². The molecule has 13 heavy (non-hydrogen) atoms. The van der Waals surface area contributed by atoms with Gasteiger partial charge in [0.2, 0.25) is 0 Å². The molecule has 1 nitrogen and oxygen atoms in total. The van der Waals surface area contributed by atoms with E-state index in [0.29, 0.717) is 0 Å². The molecular weight excluding hydrogens is 158 g/mol. The largest absolute Gasteiger partial charge is 0.322 e. The monoisotopic (exact) mass is 181 g/mol. The van der Waals surface area contributed by atoms with Gasteiger partial charge in [-0.25, -0.2) is 0 Å². The Morgan fingerprint density at radius 1 is 1.31 bits per heavy atom. The van der Waals surface area contributed by atoms with E-state index in [1.807, 2.05) is 13.8 Å². The zero-order chi connectivity index (χ0) is 10.1. The van der Waals surface area contributed by atoms with Crippen LogP contribution in [-0.4, -0.2) is 5.54 Å². The van der Waals surface area contributed by atoms with Gasteiger partial charge in [-0.3, -0.25) is 0 Å². The first-order valence-electron chi connectivity index (χ1n) is 5.38. The number of hydrogen-bond acceptors (Lipinski definition) is 1. The zero-order valence-corrected chi connectivity index (χ0v) is 9.38. The van der Waals surface area contributed by atoms with E-state index >= 15 is 0 Å². The van der Waals surface area contributed by atoms with Crippen LogP contribution in [-0.2, 0) is 0 Å². The SMILES string of the molecule is CC(C)C(/C=C/C(C)(C)N)C1CC1. The Hall–Kier alpha value is -0.300. The molecule has 0 aromatic heterocycles. The van der Waals surface area contributed by atoms with Gasteiger partial charge in [0.1, 0.15) is 0 Å². The van der Waals surface area contributed by atoms with E-state index in [1.165, 1.54) is 12.8 Å². The minimum absolute atomic E-state index is 0.151. The minimum atomic E-state index is -0.151. The van der Waals surface area contributed by atoms with Gasteiger partial charge in [-0.1, -0.05) is 26.0 Å². The fraction of sp³-hybridized carbons (Fsp3) is 0.833. The summed E-state index contributed by atoms with van der Waals surface area (Å²) in [6.45, 7) is 8.70. The summed E-state index contributed by atoms with van der Waals surface area (Å²) in [4.78, 5) is 0. The van der Waals surface area contributed by atoms with Gasteiger partial charge in [-0.15, -0.1) is 0 Å². The van der Waals surface area contributed by atoms with E-state index in [1.54, 1.807) is 0 Å². The molecule has 76 valence electrons. The van der Waals surface area contributed by atoms with E-state index < -0.39 is 0 Å². The average Bonchev–Trinajstić information content (AvgIpc) is 2.67. The topological polar surface area (TPSA) is 26.0 Å². The number of nitrogens with two attached hydrogens (primary N) is 1. The first-order chi connectivity index (χ1) is 5.90. The van der Waals surface area contributed by atoms with Crippen LogP contribution in [0.4, 0.5) is 0 Å².